The topological polar surface area (TPSA) is 97.0 Å². The van der Waals surface area contributed by atoms with Gasteiger partial charge < -0.3 is 24.8 Å². The summed E-state index contributed by atoms with van der Waals surface area (Å²) in [5, 5.41) is 6.14. The van der Waals surface area contributed by atoms with Gasteiger partial charge in [-0.15, -0.1) is 0 Å². The maximum absolute atomic E-state index is 12.8. The number of carbonyl (C=O) groups is 3. The van der Waals surface area contributed by atoms with Gasteiger partial charge in [-0.1, -0.05) is 50.9 Å². The van der Waals surface area contributed by atoms with E-state index < -0.39 is 36.8 Å². The molecule has 0 aliphatic heterocycles. The summed E-state index contributed by atoms with van der Waals surface area (Å²) < 4.78 is 11.0. The molecule has 0 fully saturated rings. The molecule has 0 saturated carbocycles. The van der Waals surface area contributed by atoms with Crippen LogP contribution < -0.4 is 10.6 Å². The molecule has 34 heavy (non-hydrogen) atoms. The van der Waals surface area contributed by atoms with Crippen molar-refractivity contribution in [3.8, 4) is 0 Å². The summed E-state index contributed by atoms with van der Waals surface area (Å²) in [7, 11) is 2.51. The average molecular weight is 516 g/mol. The number of benzene rings is 1. The third-order valence-corrected chi connectivity index (χ3v) is 5.72. The highest BCUT2D eigenvalue weighted by Gasteiger charge is 2.38. The number of amides is 2. The smallest absolute Gasteiger partial charge is 0.406 e. The van der Waals surface area contributed by atoms with E-state index in [0.29, 0.717) is 18.1 Å². The summed E-state index contributed by atoms with van der Waals surface area (Å²) in [5.74, 6) is -1.25. The predicted octanol–water partition coefficient (Wildman–Crippen LogP) is 3.45. The van der Waals surface area contributed by atoms with E-state index in [1.165, 1.54) is 19.2 Å². The minimum Gasteiger partial charge on any atom is -0.468 e. The average Bonchev–Trinajstić information content (AvgIpc) is 2.77. The Kier molecular flexibility index (Phi) is 12.9. The van der Waals surface area contributed by atoms with Gasteiger partial charge in [0.25, 0.3) is 5.91 Å². The van der Waals surface area contributed by atoms with Crippen molar-refractivity contribution in [2.24, 2.45) is 11.8 Å². The summed E-state index contributed by atoms with van der Waals surface area (Å²) in [5.41, 5.74) is 0.186. The lowest BCUT2D eigenvalue weighted by Gasteiger charge is -2.35. The third-order valence-electron chi connectivity index (χ3n) is 5.15. The van der Waals surface area contributed by atoms with E-state index in [0.717, 1.165) is 0 Å². The molecule has 190 valence electrons. The second-order valence-electron chi connectivity index (χ2n) is 9.09. The van der Waals surface area contributed by atoms with Crippen LogP contribution >= 0.6 is 23.2 Å². The Labute approximate surface area is 213 Å². The molecule has 0 aliphatic carbocycles. The molecule has 2 N–H and O–H groups in total. The largest absolute Gasteiger partial charge is 0.468 e. The van der Waals surface area contributed by atoms with Crippen LogP contribution in [0.25, 0.3) is 0 Å². The highest BCUT2D eigenvalue weighted by molar-refractivity contribution is 6.51. The highest BCUT2D eigenvalue weighted by Crippen LogP contribution is 2.20. The second-order valence-corrected chi connectivity index (χ2v) is 9.94. The maximum atomic E-state index is 12.8. The molecule has 2 amide bonds. The van der Waals surface area contributed by atoms with E-state index >= 15 is 0 Å². The van der Waals surface area contributed by atoms with E-state index in [-0.39, 0.29) is 29.0 Å². The molecule has 11 heteroatoms. The Hall–Kier alpha value is -1.81. The van der Waals surface area contributed by atoms with Crippen LogP contribution in [-0.2, 0) is 19.0 Å². The normalized spacial score (nSPS) is 13.1. The Balaban J connectivity index is 2.99. The van der Waals surface area contributed by atoms with Gasteiger partial charge in [0.15, 0.2) is 0 Å². The standard InChI is InChI=1S/C23H36BCl2N3O5/c1-14(2)10-20(24(34-13-15(3)4)29(6)16(5)23(32)33-7)28-21(30)12-27-22(31)18-11-17(25)8-9-19(18)26/h8-9,11,14-16,20H,10,12-13H2,1-7H3,(H,27,31)(H,28,30)/t16-,20-/m0/s1. The molecule has 0 saturated heterocycles. The summed E-state index contributed by atoms with van der Waals surface area (Å²) in [6, 6.07) is 3.95. The van der Waals surface area contributed by atoms with Crippen LogP contribution in [-0.4, -0.2) is 68.9 Å². The van der Waals surface area contributed by atoms with Crippen molar-refractivity contribution in [2.75, 3.05) is 27.3 Å². The van der Waals surface area contributed by atoms with E-state index in [1.807, 2.05) is 27.7 Å². The lowest BCUT2D eigenvalue weighted by atomic mass is 9.66. The number of rotatable bonds is 13. The van der Waals surface area contributed by atoms with Crippen molar-refractivity contribution in [1.82, 2.24) is 15.4 Å². The monoisotopic (exact) mass is 515 g/mol. The first-order chi connectivity index (χ1) is 15.9. The first-order valence-electron chi connectivity index (χ1n) is 11.3. The number of esters is 1. The van der Waals surface area contributed by atoms with Crippen molar-refractivity contribution in [2.45, 2.75) is 53.0 Å². The molecule has 0 unspecified atom stereocenters. The van der Waals surface area contributed by atoms with Gasteiger partial charge >= 0.3 is 13.0 Å². The number of hydrogen-bond donors (Lipinski definition) is 2. The van der Waals surface area contributed by atoms with Crippen LogP contribution in [0.2, 0.25) is 10.0 Å². The number of ether oxygens (including phenoxy) is 1. The minimum absolute atomic E-state index is 0.186. The Morgan fingerprint density at radius 2 is 1.74 bits per heavy atom. The van der Waals surface area contributed by atoms with Crippen molar-refractivity contribution < 1.29 is 23.8 Å². The van der Waals surface area contributed by atoms with E-state index in [9.17, 15) is 14.4 Å². The van der Waals surface area contributed by atoms with Gasteiger partial charge in [-0.2, -0.15) is 0 Å². The molecule has 8 nitrogen and oxygen atoms in total. The van der Waals surface area contributed by atoms with Gasteiger partial charge in [-0.3, -0.25) is 14.4 Å². The highest BCUT2D eigenvalue weighted by atomic mass is 35.5. The second kappa shape index (κ2) is 14.6. The number of nitrogens with one attached hydrogen (secondary N) is 2. The maximum Gasteiger partial charge on any atom is 0.406 e. The number of methoxy groups -OCH3 is 1. The van der Waals surface area contributed by atoms with Gasteiger partial charge in [0, 0.05) is 11.6 Å². The van der Waals surface area contributed by atoms with Crippen LogP contribution in [0.4, 0.5) is 0 Å². The molecule has 0 radical (unpaired) electrons. The lowest BCUT2D eigenvalue weighted by Crippen LogP contribution is -2.61. The summed E-state index contributed by atoms with van der Waals surface area (Å²) in [6.45, 7) is 10.0. The van der Waals surface area contributed by atoms with Crippen molar-refractivity contribution in [3.63, 3.8) is 0 Å². The summed E-state index contributed by atoms with van der Waals surface area (Å²) in [6.07, 6.45) is 0.598. The van der Waals surface area contributed by atoms with Crippen LogP contribution in [0.3, 0.4) is 0 Å². The SMILES string of the molecule is COC(=O)[C@H](C)N(C)B(OCC(C)C)[C@H](CC(C)C)NC(=O)CNC(=O)c1cc(Cl)ccc1Cl. The molecule has 0 aliphatic rings. The molecule has 1 rings (SSSR count). The van der Waals surface area contributed by atoms with Crippen molar-refractivity contribution >= 4 is 48.0 Å². The first kappa shape index (κ1) is 30.2. The third kappa shape index (κ3) is 9.82. The van der Waals surface area contributed by atoms with Crippen LogP contribution in [0.1, 0.15) is 51.4 Å². The summed E-state index contributed by atoms with van der Waals surface area (Å²) in [4.78, 5) is 39.2. The molecule has 0 heterocycles. The van der Waals surface area contributed by atoms with Gasteiger partial charge in [-0.25, -0.2) is 0 Å². The molecule has 0 bridgehead atoms. The number of hydrogen-bond acceptors (Lipinski definition) is 6. The van der Waals surface area contributed by atoms with Gasteiger partial charge in [0.2, 0.25) is 5.91 Å². The van der Waals surface area contributed by atoms with E-state index in [4.69, 9.17) is 32.6 Å². The van der Waals surface area contributed by atoms with Crippen LogP contribution in [0, 0.1) is 11.8 Å². The van der Waals surface area contributed by atoms with Crippen LogP contribution in [0.5, 0.6) is 0 Å². The van der Waals surface area contributed by atoms with Crippen molar-refractivity contribution in [1.29, 1.82) is 0 Å². The van der Waals surface area contributed by atoms with Gasteiger partial charge in [0.05, 0.1) is 36.2 Å². The predicted molar refractivity (Wildman–Crippen MR) is 136 cm³/mol. The molecule has 1 aromatic rings. The Morgan fingerprint density at radius 3 is 2.29 bits per heavy atom. The Bertz CT molecular complexity index is 841. The number of carbonyl (C=O) groups excluding carboxylic acids is 3. The van der Waals surface area contributed by atoms with E-state index in [2.05, 4.69) is 10.6 Å². The van der Waals surface area contributed by atoms with Gasteiger partial charge in [-0.05, 0) is 50.4 Å². The fraction of sp³-hybridized carbons (Fsp3) is 0.609. The zero-order valence-electron chi connectivity index (χ0n) is 21.0. The zero-order chi connectivity index (χ0) is 26.0. The number of nitrogens with zero attached hydrogens (tertiary/aromatic N) is 1. The lowest BCUT2D eigenvalue weighted by molar-refractivity contribution is -0.144. The molecule has 0 aromatic heterocycles. The quantitative estimate of drug-likeness (QED) is 0.308. The van der Waals surface area contributed by atoms with Crippen LogP contribution in [0.15, 0.2) is 18.2 Å². The van der Waals surface area contributed by atoms with Crippen molar-refractivity contribution in [3.05, 3.63) is 33.8 Å². The summed E-state index contributed by atoms with van der Waals surface area (Å²) >= 11 is 12.0. The molecule has 1 aromatic carbocycles. The first-order valence-corrected chi connectivity index (χ1v) is 12.1. The molecular weight excluding hydrogens is 480 g/mol. The fourth-order valence-corrected chi connectivity index (χ4v) is 3.68. The van der Waals surface area contributed by atoms with Gasteiger partial charge in [0.1, 0.15) is 0 Å². The number of likely N-dealkylation sites (N-methyl/N-ethyl adjacent to an activating group) is 1. The molecule has 2 atom stereocenters. The molecular formula is C23H36BCl2N3O5. The minimum atomic E-state index is -0.585. The Morgan fingerprint density at radius 1 is 1.09 bits per heavy atom. The zero-order valence-corrected chi connectivity index (χ0v) is 22.5. The van der Waals surface area contributed by atoms with E-state index in [1.54, 1.807) is 24.8 Å². The number of halogens is 2. The molecule has 0 spiro atoms. The fourth-order valence-electron chi connectivity index (χ4n) is 3.31.